The molecule has 36 heavy (non-hydrogen) atoms. The fourth-order valence-electron chi connectivity index (χ4n) is 3.90. The smallest absolute Gasteiger partial charge is 0.127 e. The Bertz CT molecular complexity index is 1220. The summed E-state index contributed by atoms with van der Waals surface area (Å²) in [5.74, 6) is 3.48. The molecule has 3 aromatic carbocycles. The Morgan fingerprint density at radius 3 is 2.11 bits per heavy atom. The van der Waals surface area contributed by atoms with E-state index in [-0.39, 0.29) is 0 Å². The lowest BCUT2D eigenvalue weighted by atomic mass is 10.1. The van der Waals surface area contributed by atoms with Crippen LogP contribution in [0, 0.1) is 0 Å². The second-order valence-electron chi connectivity index (χ2n) is 9.10. The van der Waals surface area contributed by atoms with Crippen molar-refractivity contribution in [1.29, 1.82) is 0 Å². The first-order valence-corrected chi connectivity index (χ1v) is 12.9. The van der Waals surface area contributed by atoms with Gasteiger partial charge in [-0.2, -0.15) is 0 Å². The van der Waals surface area contributed by atoms with Crippen LogP contribution in [-0.2, 0) is 6.42 Å². The van der Waals surface area contributed by atoms with Gasteiger partial charge in [0.05, 0.1) is 12.3 Å². The van der Waals surface area contributed by atoms with E-state index in [1.54, 1.807) is 0 Å². The topological polar surface area (TPSA) is 39.5 Å². The maximum atomic E-state index is 5.96. The van der Waals surface area contributed by atoms with E-state index in [1.807, 2.05) is 60.7 Å². The van der Waals surface area contributed by atoms with Gasteiger partial charge in [0.25, 0.3) is 0 Å². The van der Waals surface area contributed by atoms with Gasteiger partial charge in [0.2, 0.25) is 0 Å². The van der Waals surface area contributed by atoms with Gasteiger partial charge in [0, 0.05) is 35.4 Å². The highest BCUT2D eigenvalue weighted by Gasteiger charge is 2.12. The molecule has 0 amide bonds. The number of rotatable bonds is 12. The zero-order valence-electron chi connectivity index (χ0n) is 21.3. The molecular weight excluding hydrogens is 470 g/mol. The normalized spacial score (nSPS) is 11.1. The van der Waals surface area contributed by atoms with Crippen molar-refractivity contribution in [1.82, 2.24) is 14.5 Å². The van der Waals surface area contributed by atoms with Gasteiger partial charge >= 0.3 is 0 Å². The van der Waals surface area contributed by atoms with Gasteiger partial charge < -0.3 is 18.9 Å². The fourth-order valence-corrected chi connectivity index (χ4v) is 4.02. The third-order valence-electron chi connectivity index (χ3n) is 5.87. The number of benzene rings is 3. The Morgan fingerprint density at radius 1 is 0.833 bits per heavy atom. The van der Waals surface area contributed by atoms with Crippen LogP contribution in [0.25, 0.3) is 16.9 Å². The Labute approximate surface area is 219 Å². The van der Waals surface area contributed by atoms with Gasteiger partial charge in [0.15, 0.2) is 0 Å². The second kappa shape index (κ2) is 12.6. The molecule has 4 aromatic rings. The SMILES string of the molecule is CCCCc1nc(-c2ccc(Oc3ccc(Cl)cc3)cc2)cn1-c1ccc(OCCCN(C)C)cc1. The van der Waals surface area contributed by atoms with Gasteiger partial charge in [-0.3, -0.25) is 0 Å². The molecule has 0 atom stereocenters. The van der Waals surface area contributed by atoms with Crippen molar-refractivity contribution in [2.24, 2.45) is 0 Å². The van der Waals surface area contributed by atoms with Gasteiger partial charge in [-0.05, 0) is 99.7 Å². The molecule has 0 aliphatic rings. The average molecular weight is 504 g/mol. The van der Waals surface area contributed by atoms with Crippen LogP contribution in [0.4, 0.5) is 0 Å². The van der Waals surface area contributed by atoms with E-state index >= 15 is 0 Å². The lowest BCUT2D eigenvalue weighted by Crippen LogP contribution is -2.15. The van der Waals surface area contributed by atoms with E-state index in [4.69, 9.17) is 26.1 Å². The molecule has 0 aliphatic heterocycles. The molecule has 6 heteroatoms. The molecule has 188 valence electrons. The average Bonchev–Trinajstić information content (AvgIpc) is 3.31. The van der Waals surface area contributed by atoms with Crippen LogP contribution in [-0.4, -0.2) is 41.7 Å². The summed E-state index contributed by atoms with van der Waals surface area (Å²) in [6, 6.07) is 23.7. The van der Waals surface area contributed by atoms with Crippen molar-refractivity contribution in [2.45, 2.75) is 32.6 Å². The van der Waals surface area contributed by atoms with Crippen LogP contribution in [0.15, 0.2) is 79.0 Å². The monoisotopic (exact) mass is 503 g/mol. The summed E-state index contributed by atoms with van der Waals surface area (Å²) >= 11 is 5.96. The molecule has 0 N–H and O–H groups in total. The number of nitrogens with zero attached hydrogens (tertiary/aromatic N) is 3. The molecule has 1 aromatic heterocycles. The maximum absolute atomic E-state index is 5.96. The minimum atomic E-state index is 0.689. The Hall–Kier alpha value is -3.28. The van der Waals surface area contributed by atoms with Gasteiger partial charge in [-0.15, -0.1) is 0 Å². The summed E-state index contributed by atoms with van der Waals surface area (Å²) in [7, 11) is 4.15. The first kappa shape index (κ1) is 25.8. The van der Waals surface area contributed by atoms with Crippen molar-refractivity contribution >= 4 is 11.6 Å². The molecule has 4 rings (SSSR count). The molecular formula is C30H34ClN3O2. The summed E-state index contributed by atoms with van der Waals surface area (Å²) < 4.78 is 14.0. The van der Waals surface area contributed by atoms with E-state index in [0.29, 0.717) is 11.6 Å². The number of imidazole rings is 1. The van der Waals surface area contributed by atoms with Crippen molar-refractivity contribution in [2.75, 3.05) is 27.2 Å². The highest BCUT2D eigenvalue weighted by molar-refractivity contribution is 6.30. The van der Waals surface area contributed by atoms with E-state index in [2.05, 4.69) is 48.8 Å². The lowest BCUT2D eigenvalue weighted by Gasteiger charge is -2.11. The van der Waals surface area contributed by atoms with Crippen molar-refractivity contribution in [3.63, 3.8) is 0 Å². The van der Waals surface area contributed by atoms with Crippen molar-refractivity contribution in [3.8, 4) is 34.2 Å². The molecule has 0 radical (unpaired) electrons. The number of aromatic nitrogens is 2. The number of halogens is 1. The van der Waals surface area contributed by atoms with Gasteiger partial charge in [-0.25, -0.2) is 4.98 Å². The summed E-state index contributed by atoms with van der Waals surface area (Å²) in [6.45, 7) is 3.94. The summed E-state index contributed by atoms with van der Waals surface area (Å²) in [6.07, 6.45) is 6.27. The molecule has 1 heterocycles. The van der Waals surface area contributed by atoms with E-state index < -0.39 is 0 Å². The Kier molecular flexibility index (Phi) is 9.04. The number of aryl methyl sites for hydroxylation is 1. The summed E-state index contributed by atoms with van der Waals surface area (Å²) in [4.78, 5) is 7.16. The third-order valence-corrected chi connectivity index (χ3v) is 6.12. The molecule has 0 bridgehead atoms. The minimum Gasteiger partial charge on any atom is -0.494 e. The molecule has 0 fully saturated rings. The summed E-state index contributed by atoms with van der Waals surface area (Å²) in [5, 5.41) is 0.689. The molecule has 0 unspecified atom stereocenters. The highest BCUT2D eigenvalue weighted by Crippen LogP contribution is 2.28. The van der Waals surface area contributed by atoms with Crippen LogP contribution in [0.3, 0.4) is 0 Å². The quantitative estimate of drug-likeness (QED) is 0.186. The third kappa shape index (κ3) is 7.12. The standard InChI is InChI=1S/C30H34ClN3O2/c1-4-5-7-30-32-29(23-8-14-27(15-9-23)36-28-16-10-24(31)11-17-28)22-34(30)25-12-18-26(19-13-25)35-21-6-20-33(2)3/h8-19,22H,4-7,20-21H2,1-3H3. The molecule has 0 saturated carbocycles. The molecule has 5 nitrogen and oxygen atoms in total. The number of hydrogen-bond donors (Lipinski definition) is 0. The largest absolute Gasteiger partial charge is 0.494 e. The van der Waals surface area contributed by atoms with Gasteiger partial charge in [-0.1, -0.05) is 24.9 Å². The predicted molar refractivity (Wildman–Crippen MR) is 148 cm³/mol. The Balaban J connectivity index is 1.49. The van der Waals surface area contributed by atoms with Crippen LogP contribution >= 0.6 is 11.6 Å². The first-order valence-electron chi connectivity index (χ1n) is 12.5. The zero-order chi connectivity index (χ0) is 25.3. The molecule has 0 aliphatic carbocycles. The van der Waals surface area contributed by atoms with E-state index in [9.17, 15) is 0 Å². The molecule has 0 spiro atoms. The van der Waals surface area contributed by atoms with Crippen LogP contribution in [0.5, 0.6) is 17.2 Å². The number of ether oxygens (including phenoxy) is 2. The number of hydrogen-bond acceptors (Lipinski definition) is 4. The zero-order valence-corrected chi connectivity index (χ0v) is 22.0. The highest BCUT2D eigenvalue weighted by atomic mass is 35.5. The van der Waals surface area contributed by atoms with Crippen LogP contribution in [0.2, 0.25) is 5.02 Å². The van der Waals surface area contributed by atoms with Crippen molar-refractivity contribution in [3.05, 3.63) is 89.8 Å². The van der Waals surface area contributed by atoms with Gasteiger partial charge in [0.1, 0.15) is 23.1 Å². The van der Waals surface area contributed by atoms with Crippen LogP contribution in [0.1, 0.15) is 32.0 Å². The Morgan fingerprint density at radius 2 is 1.47 bits per heavy atom. The summed E-state index contributed by atoms with van der Waals surface area (Å²) in [5.41, 5.74) is 3.09. The fraction of sp³-hybridized carbons (Fsp3) is 0.300. The van der Waals surface area contributed by atoms with Crippen LogP contribution < -0.4 is 9.47 Å². The lowest BCUT2D eigenvalue weighted by molar-refractivity contribution is 0.281. The molecule has 0 saturated heterocycles. The van der Waals surface area contributed by atoms with Crippen molar-refractivity contribution < 1.29 is 9.47 Å². The van der Waals surface area contributed by atoms with E-state index in [0.717, 1.165) is 72.2 Å². The maximum Gasteiger partial charge on any atom is 0.127 e. The first-order chi connectivity index (χ1) is 17.5. The second-order valence-corrected chi connectivity index (χ2v) is 9.53. The number of unbranched alkanes of at least 4 members (excludes halogenated alkanes) is 1. The van der Waals surface area contributed by atoms with E-state index in [1.165, 1.54) is 0 Å². The predicted octanol–water partition coefficient (Wildman–Crippen LogP) is 7.66. The minimum absolute atomic E-state index is 0.689.